The van der Waals surface area contributed by atoms with Gasteiger partial charge in [-0.15, -0.1) is 0 Å². The summed E-state index contributed by atoms with van der Waals surface area (Å²) in [7, 11) is 0. The Kier molecular flexibility index (Phi) is 9.07. The van der Waals surface area contributed by atoms with Crippen LogP contribution >= 0.6 is 11.6 Å². The first-order valence-corrected chi connectivity index (χ1v) is 8.59. The van der Waals surface area contributed by atoms with Gasteiger partial charge in [-0.25, -0.2) is 4.79 Å². The van der Waals surface area contributed by atoms with Crippen LogP contribution in [0.25, 0.3) is 0 Å². The van der Waals surface area contributed by atoms with Crippen LogP contribution in [0.4, 0.5) is 4.79 Å². The van der Waals surface area contributed by atoms with E-state index in [1.165, 1.54) is 0 Å². The molecular formula is C17H23ClN4O5. The molecule has 0 radical (unpaired) electrons. The number of halogens is 1. The molecule has 1 aromatic carbocycles. The van der Waals surface area contributed by atoms with Crippen molar-refractivity contribution in [3.8, 4) is 0 Å². The lowest BCUT2D eigenvalue weighted by Gasteiger charge is -2.18. The Bertz CT molecular complexity index is 696. The quantitative estimate of drug-likeness (QED) is 0.451. The molecule has 0 spiro atoms. The highest BCUT2D eigenvalue weighted by Gasteiger charge is 2.21. The van der Waals surface area contributed by atoms with Gasteiger partial charge in [-0.1, -0.05) is 29.8 Å². The van der Waals surface area contributed by atoms with E-state index in [9.17, 15) is 19.2 Å². The number of benzene rings is 1. The molecule has 5 N–H and O–H groups in total. The SMILES string of the molecule is CC(C)NC(=O)CNC(=O)COC(=O)C[C@H](NC(N)=O)c1ccccc1Cl. The third-order valence-electron chi connectivity index (χ3n) is 3.23. The summed E-state index contributed by atoms with van der Waals surface area (Å²) in [6.45, 7) is 2.80. The predicted octanol–water partition coefficient (Wildman–Crippen LogP) is 0.624. The van der Waals surface area contributed by atoms with E-state index in [-0.39, 0.29) is 24.9 Å². The highest BCUT2D eigenvalue weighted by atomic mass is 35.5. The van der Waals surface area contributed by atoms with E-state index in [1.54, 1.807) is 38.1 Å². The van der Waals surface area contributed by atoms with Crippen LogP contribution in [0.15, 0.2) is 24.3 Å². The van der Waals surface area contributed by atoms with Crippen LogP contribution in [0.1, 0.15) is 31.9 Å². The third kappa shape index (κ3) is 8.91. The molecule has 0 aliphatic rings. The average molecular weight is 399 g/mol. The number of carbonyl (C=O) groups excluding carboxylic acids is 4. The van der Waals surface area contributed by atoms with Crippen LogP contribution in [0.5, 0.6) is 0 Å². The highest BCUT2D eigenvalue weighted by Crippen LogP contribution is 2.25. The highest BCUT2D eigenvalue weighted by molar-refractivity contribution is 6.31. The van der Waals surface area contributed by atoms with Gasteiger partial charge >= 0.3 is 12.0 Å². The van der Waals surface area contributed by atoms with Gasteiger partial charge in [0, 0.05) is 11.1 Å². The van der Waals surface area contributed by atoms with E-state index < -0.39 is 30.6 Å². The standard InChI is InChI=1S/C17H23ClN4O5/c1-10(2)21-14(23)8-20-15(24)9-27-16(25)7-13(22-17(19)26)11-5-3-4-6-12(11)18/h3-6,10,13H,7-9H2,1-2H3,(H,20,24)(H,21,23)(H3,19,22,26)/t13-/m0/s1. The molecule has 0 saturated carbocycles. The number of esters is 1. The normalized spacial score (nSPS) is 11.4. The van der Waals surface area contributed by atoms with E-state index in [4.69, 9.17) is 22.1 Å². The maximum Gasteiger partial charge on any atom is 0.312 e. The van der Waals surface area contributed by atoms with Gasteiger partial charge in [0.25, 0.3) is 5.91 Å². The minimum Gasteiger partial charge on any atom is -0.456 e. The smallest absolute Gasteiger partial charge is 0.312 e. The molecule has 0 aromatic heterocycles. The zero-order valence-electron chi connectivity index (χ0n) is 15.1. The van der Waals surface area contributed by atoms with Crippen molar-refractivity contribution in [2.75, 3.05) is 13.2 Å². The molecular weight excluding hydrogens is 376 g/mol. The lowest BCUT2D eigenvalue weighted by molar-refractivity contribution is -0.149. The molecule has 0 unspecified atom stereocenters. The van der Waals surface area contributed by atoms with Gasteiger partial charge in [0.05, 0.1) is 19.0 Å². The second-order valence-electron chi connectivity index (χ2n) is 5.95. The Morgan fingerprint density at radius 3 is 2.37 bits per heavy atom. The van der Waals surface area contributed by atoms with Crippen molar-refractivity contribution in [3.63, 3.8) is 0 Å². The number of carbonyl (C=O) groups is 4. The van der Waals surface area contributed by atoms with Gasteiger partial charge in [0.1, 0.15) is 0 Å². The van der Waals surface area contributed by atoms with E-state index in [1.807, 2.05) is 0 Å². The molecule has 0 saturated heterocycles. The largest absolute Gasteiger partial charge is 0.456 e. The maximum atomic E-state index is 12.0. The second-order valence-corrected chi connectivity index (χ2v) is 6.35. The minimum atomic E-state index is -0.832. The van der Waals surface area contributed by atoms with E-state index in [0.717, 1.165) is 0 Å². The van der Waals surface area contributed by atoms with Gasteiger partial charge in [0.2, 0.25) is 5.91 Å². The molecule has 0 bridgehead atoms. The van der Waals surface area contributed by atoms with Crippen LogP contribution in [0.3, 0.4) is 0 Å². The fourth-order valence-corrected chi connectivity index (χ4v) is 2.41. The predicted molar refractivity (Wildman–Crippen MR) is 98.8 cm³/mol. The fourth-order valence-electron chi connectivity index (χ4n) is 2.14. The number of amides is 4. The number of nitrogens with two attached hydrogens (primary N) is 1. The molecule has 4 amide bonds. The summed E-state index contributed by atoms with van der Waals surface area (Å²) in [5, 5.41) is 7.69. The summed E-state index contributed by atoms with van der Waals surface area (Å²) >= 11 is 6.07. The van der Waals surface area contributed by atoms with Crippen LogP contribution in [-0.2, 0) is 19.1 Å². The van der Waals surface area contributed by atoms with Crippen LogP contribution in [-0.4, -0.2) is 43.0 Å². The summed E-state index contributed by atoms with van der Waals surface area (Å²) in [5.74, 6) is -1.72. The number of ether oxygens (including phenoxy) is 1. The summed E-state index contributed by atoms with van der Waals surface area (Å²) in [6, 6.07) is 4.95. The summed E-state index contributed by atoms with van der Waals surface area (Å²) in [5.41, 5.74) is 5.62. The first-order valence-electron chi connectivity index (χ1n) is 8.21. The molecule has 0 aliphatic carbocycles. The van der Waals surface area contributed by atoms with Gasteiger partial charge < -0.3 is 26.4 Å². The number of urea groups is 1. The number of rotatable bonds is 9. The van der Waals surface area contributed by atoms with Crippen LogP contribution < -0.4 is 21.7 Å². The van der Waals surface area contributed by atoms with Crippen LogP contribution in [0, 0.1) is 0 Å². The van der Waals surface area contributed by atoms with Crippen molar-refractivity contribution in [3.05, 3.63) is 34.9 Å². The minimum absolute atomic E-state index is 0.0493. The zero-order chi connectivity index (χ0) is 20.4. The first-order chi connectivity index (χ1) is 12.7. The van der Waals surface area contributed by atoms with Crippen molar-refractivity contribution in [2.24, 2.45) is 5.73 Å². The maximum absolute atomic E-state index is 12.0. The topological polar surface area (TPSA) is 140 Å². The Morgan fingerprint density at radius 1 is 1.11 bits per heavy atom. The molecule has 1 atom stereocenters. The van der Waals surface area contributed by atoms with Crippen molar-refractivity contribution in [1.29, 1.82) is 0 Å². The molecule has 27 heavy (non-hydrogen) atoms. The summed E-state index contributed by atoms with van der Waals surface area (Å²) in [6.07, 6.45) is -0.270. The van der Waals surface area contributed by atoms with Gasteiger partial charge in [-0.05, 0) is 25.5 Å². The summed E-state index contributed by atoms with van der Waals surface area (Å²) < 4.78 is 4.87. The molecule has 148 valence electrons. The Hall–Kier alpha value is -2.81. The van der Waals surface area contributed by atoms with Gasteiger partial charge in [-0.2, -0.15) is 0 Å². The second kappa shape index (κ2) is 11.0. The molecule has 0 fully saturated rings. The fraction of sp³-hybridized carbons (Fsp3) is 0.412. The molecule has 0 heterocycles. The number of primary amides is 1. The average Bonchev–Trinajstić information content (AvgIpc) is 2.57. The van der Waals surface area contributed by atoms with Crippen molar-refractivity contribution in [2.45, 2.75) is 32.4 Å². The van der Waals surface area contributed by atoms with Gasteiger partial charge in [0.15, 0.2) is 6.61 Å². The first kappa shape index (κ1) is 22.2. The molecule has 10 heteroatoms. The van der Waals surface area contributed by atoms with Crippen molar-refractivity contribution >= 4 is 35.4 Å². The van der Waals surface area contributed by atoms with Gasteiger partial charge in [-0.3, -0.25) is 14.4 Å². The van der Waals surface area contributed by atoms with E-state index in [0.29, 0.717) is 10.6 Å². The molecule has 0 aliphatic heterocycles. The molecule has 9 nitrogen and oxygen atoms in total. The van der Waals surface area contributed by atoms with Crippen molar-refractivity contribution < 1.29 is 23.9 Å². The monoisotopic (exact) mass is 398 g/mol. The Balaban J connectivity index is 2.52. The third-order valence-corrected chi connectivity index (χ3v) is 3.57. The van der Waals surface area contributed by atoms with E-state index in [2.05, 4.69) is 16.0 Å². The Morgan fingerprint density at radius 2 is 1.78 bits per heavy atom. The van der Waals surface area contributed by atoms with E-state index >= 15 is 0 Å². The lowest BCUT2D eigenvalue weighted by atomic mass is 10.0. The number of hydrogen-bond acceptors (Lipinski definition) is 5. The molecule has 1 aromatic rings. The molecule has 1 rings (SSSR count). The number of hydrogen-bond donors (Lipinski definition) is 4. The summed E-state index contributed by atoms with van der Waals surface area (Å²) in [4.78, 5) is 46.3. The number of nitrogens with one attached hydrogen (secondary N) is 3. The van der Waals surface area contributed by atoms with Crippen LogP contribution in [0.2, 0.25) is 5.02 Å². The Labute approximate surface area is 161 Å². The lowest BCUT2D eigenvalue weighted by Crippen LogP contribution is -2.41. The zero-order valence-corrected chi connectivity index (χ0v) is 15.8. The van der Waals surface area contributed by atoms with Crippen molar-refractivity contribution in [1.82, 2.24) is 16.0 Å².